The molecule has 1 atom stereocenters. The van der Waals surface area contributed by atoms with Gasteiger partial charge in [-0.25, -0.2) is 18.4 Å². The average molecular weight is 400 g/mol. The molecule has 1 N–H and O–H groups in total. The summed E-state index contributed by atoms with van der Waals surface area (Å²) in [5.74, 6) is 0.574. The van der Waals surface area contributed by atoms with Gasteiger partial charge in [0.25, 0.3) is 0 Å². The molecule has 134 valence electrons. The number of hydrogen-bond donors (Lipinski definition) is 1. The summed E-state index contributed by atoms with van der Waals surface area (Å²) >= 11 is 12.5. The maximum atomic E-state index is 12.1. The van der Waals surface area contributed by atoms with Crippen LogP contribution in [0.3, 0.4) is 0 Å². The summed E-state index contributed by atoms with van der Waals surface area (Å²) in [7, 11) is -3.39. The number of hydrogen-bond acceptors (Lipinski definition) is 5. The van der Waals surface area contributed by atoms with Crippen LogP contribution in [0.15, 0.2) is 29.3 Å². The largest absolute Gasteiger partial charge is 0.316 e. The molecule has 1 aromatic carbocycles. The minimum Gasteiger partial charge on any atom is -0.316 e. The SMILES string of the molecule is CS(=O)(=O)c1cnc(Cc2c(Cl)cccc2Cl)nc1C1CCCNC1. The molecule has 1 fully saturated rings. The second-order valence-electron chi connectivity index (χ2n) is 6.23. The summed E-state index contributed by atoms with van der Waals surface area (Å²) in [6.45, 7) is 1.66. The third-order valence-electron chi connectivity index (χ3n) is 4.31. The van der Waals surface area contributed by atoms with Gasteiger partial charge in [-0.1, -0.05) is 29.3 Å². The molecule has 0 radical (unpaired) electrons. The summed E-state index contributed by atoms with van der Waals surface area (Å²) in [5.41, 5.74) is 1.33. The summed E-state index contributed by atoms with van der Waals surface area (Å²) in [6.07, 6.45) is 4.85. The van der Waals surface area contributed by atoms with Gasteiger partial charge < -0.3 is 5.32 Å². The number of halogens is 2. The third-order valence-corrected chi connectivity index (χ3v) is 6.13. The molecule has 0 saturated carbocycles. The highest BCUT2D eigenvalue weighted by molar-refractivity contribution is 7.90. The fourth-order valence-corrected chi connectivity index (χ4v) is 4.40. The number of rotatable bonds is 4. The lowest BCUT2D eigenvalue weighted by molar-refractivity contribution is 0.446. The van der Waals surface area contributed by atoms with E-state index >= 15 is 0 Å². The van der Waals surface area contributed by atoms with Crippen molar-refractivity contribution in [1.29, 1.82) is 0 Å². The van der Waals surface area contributed by atoms with Crippen molar-refractivity contribution in [3.63, 3.8) is 0 Å². The molecule has 0 aliphatic carbocycles. The van der Waals surface area contributed by atoms with Crippen LogP contribution in [-0.4, -0.2) is 37.7 Å². The van der Waals surface area contributed by atoms with Gasteiger partial charge in [0.15, 0.2) is 9.84 Å². The number of sulfone groups is 1. The Balaban J connectivity index is 2.01. The lowest BCUT2D eigenvalue weighted by atomic mass is 9.96. The van der Waals surface area contributed by atoms with Crippen LogP contribution in [0.2, 0.25) is 10.0 Å². The van der Waals surface area contributed by atoms with E-state index in [1.165, 1.54) is 12.5 Å². The second kappa shape index (κ2) is 7.58. The summed E-state index contributed by atoms with van der Waals surface area (Å²) in [6, 6.07) is 5.31. The van der Waals surface area contributed by atoms with Crippen molar-refractivity contribution in [1.82, 2.24) is 15.3 Å². The molecule has 0 bridgehead atoms. The van der Waals surface area contributed by atoms with Gasteiger partial charge in [0, 0.05) is 41.4 Å². The topological polar surface area (TPSA) is 72.0 Å². The van der Waals surface area contributed by atoms with Crippen molar-refractivity contribution in [2.75, 3.05) is 19.3 Å². The van der Waals surface area contributed by atoms with Crippen LogP contribution in [0.4, 0.5) is 0 Å². The van der Waals surface area contributed by atoms with Crippen LogP contribution in [0, 0.1) is 0 Å². The van der Waals surface area contributed by atoms with Crippen LogP contribution >= 0.6 is 23.2 Å². The van der Waals surface area contributed by atoms with E-state index in [1.807, 2.05) is 0 Å². The smallest absolute Gasteiger partial charge is 0.178 e. The van der Waals surface area contributed by atoms with Crippen molar-refractivity contribution >= 4 is 33.0 Å². The Hall–Kier alpha value is -1.21. The molecule has 1 aliphatic rings. The van der Waals surface area contributed by atoms with E-state index in [2.05, 4.69) is 15.3 Å². The van der Waals surface area contributed by atoms with Crippen molar-refractivity contribution in [3.8, 4) is 0 Å². The Bertz CT molecular complexity index is 861. The fraction of sp³-hybridized carbons (Fsp3) is 0.412. The van der Waals surface area contributed by atoms with E-state index in [0.717, 1.165) is 24.9 Å². The maximum Gasteiger partial charge on any atom is 0.178 e. The number of nitrogens with one attached hydrogen (secondary N) is 1. The lowest BCUT2D eigenvalue weighted by Crippen LogP contribution is -2.30. The van der Waals surface area contributed by atoms with E-state index in [0.29, 0.717) is 34.5 Å². The standard InChI is InChI=1S/C17H19Cl2N3O2S/c1-25(23,24)15-10-21-16(8-12-13(18)5-2-6-14(12)19)22-17(15)11-4-3-7-20-9-11/h2,5-6,10-11,20H,3-4,7-9H2,1H3. The van der Waals surface area contributed by atoms with Crippen LogP contribution in [-0.2, 0) is 16.3 Å². The highest BCUT2D eigenvalue weighted by Gasteiger charge is 2.25. The number of piperidine rings is 1. The molecule has 1 unspecified atom stereocenters. The predicted octanol–water partition coefficient (Wildman–Crippen LogP) is 3.24. The van der Waals surface area contributed by atoms with Crippen LogP contribution in [0.25, 0.3) is 0 Å². The molecule has 1 saturated heterocycles. The van der Waals surface area contributed by atoms with Crippen molar-refractivity contribution < 1.29 is 8.42 Å². The zero-order valence-corrected chi connectivity index (χ0v) is 16.1. The first-order chi connectivity index (χ1) is 11.9. The Morgan fingerprint density at radius 1 is 1.28 bits per heavy atom. The van der Waals surface area contributed by atoms with E-state index in [1.54, 1.807) is 18.2 Å². The summed E-state index contributed by atoms with van der Waals surface area (Å²) < 4.78 is 24.3. The molecular weight excluding hydrogens is 381 g/mol. The molecule has 0 spiro atoms. The van der Waals surface area contributed by atoms with Gasteiger partial charge in [-0.15, -0.1) is 0 Å². The first-order valence-electron chi connectivity index (χ1n) is 8.05. The van der Waals surface area contributed by atoms with Crippen LogP contribution in [0.1, 0.15) is 35.8 Å². The second-order valence-corrected chi connectivity index (χ2v) is 9.03. The van der Waals surface area contributed by atoms with E-state index < -0.39 is 9.84 Å². The van der Waals surface area contributed by atoms with Gasteiger partial charge in [0.1, 0.15) is 10.7 Å². The van der Waals surface area contributed by atoms with E-state index in [9.17, 15) is 8.42 Å². The van der Waals surface area contributed by atoms with E-state index in [4.69, 9.17) is 23.2 Å². The van der Waals surface area contributed by atoms with Gasteiger partial charge in [-0.3, -0.25) is 0 Å². The van der Waals surface area contributed by atoms with Crippen LogP contribution in [0.5, 0.6) is 0 Å². The first kappa shape index (κ1) is 18.6. The normalized spacial score (nSPS) is 18.3. The quantitative estimate of drug-likeness (QED) is 0.853. The highest BCUT2D eigenvalue weighted by Crippen LogP contribution is 2.29. The molecule has 2 heterocycles. The zero-order chi connectivity index (χ0) is 18.0. The summed E-state index contributed by atoms with van der Waals surface area (Å²) in [4.78, 5) is 9.05. The highest BCUT2D eigenvalue weighted by atomic mass is 35.5. The molecule has 2 aromatic rings. The molecule has 1 aliphatic heterocycles. The molecule has 1 aromatic heterocycles. The van der Waals surface area contributed by atoms with Crippen molar-refractivity contribution in [2.24, 2.45) is 0 Å². The molecule has 0 amide bonds. The molecular formula is C17H19Cl2N3O2S. The minimum absolute atomic E-state index is 0.0574. The number of aromatic nitrogens is 2. The Kier molecular flexibility index (Phi) is 5.63. The average Bonchev–Trinajstić information content (AvgIpc) is 2.58. The third kappa shape index (κ3) is 4.31. The van der Waals surface area contributed by atoms with Gasteiger partial charge in [-0.05, 0) is 37.1 Å². The first-order valence-corrected chi connectivity index (χ1v) is 10.7. The number of nitrogens with zero attached hydrogens (tertiary/aromatic N) is 2. The fourth-order valence-electron chi connectivity index (χ4n) is 3.03. The van der Waals surface area contributed by atoms with Gasteiger partial charge in [0.2, 0.25) is 0 Å². The lowest BCUT2D eigenvalue weighted by Gasteiger charge is -2.24. The molecule has 25 heavy (non-hydrogen) atoms. The minimum atomic E-state index is -3.39. The predicted molar refractivity (Wildman–Crippen MR) is 99.3 cm³/mol. The Morgan fingerprint density at radius 2 is 2.00 bits per heavy atom. The Labute approximate surface area is 157 Å². The van der Waals surface area contributed by atoms with Crippen molar-refractivity contribution in [2.45, 2.75) is 30.1 Å². The summed E-state index contributed by atoms with van der Waals surface area (Å²) in [5, 5.41) is 4.39. The monoisotopic (exact) mass is 399 g/mol. The van der Waals surface area contributed by atoms with Crippen LogP contribution < -0.4 is 5.32 Å². The maximum absolute atomic E-state index is 12.1. The number of benzene rings is 1. The van der Waals surface area contributed by atoms with E-state index in [-0.39, 0.29) is 10.8 Å². The zero-order valence-electron chi connectivity index (χ0n) is 13.8. The molecule has 5 nitrogen and oxygen atoms in total. The van der Waals surface area contributed by atoms with Gasteiger partial charge in [0.05, 0.1) is 5.69 Å². The van der Waals surface area contributed by atoms with Gasteiger partial charge >= 0.3 is 0 Å². The van der Waals surface area contributed by atoms with Gasteiger partial charge in [-0.2, -0.15) is 0 Å². The van der Waals surface area contributed by atoms with Crippen molar-refractivity contribution in [3.05, 3.63) is 51.5 Å². The molecule has 8 heteroatoms. The molecule has 3 rings (SSSR count). The Morgan fingerprint density at radius 3 is 2.60 bits per heavy atom.